The van der Waals surface area contributed by atoms with Crippen LogP contribution in [0.3, 0.4) is 0 Å². The zero-order chi connectivity index (χ0) is 13.7. The van der Waals surface area contributed by atoms with E-state index >= 15 is 0 Å². The molecular weight excluding hydrogens is 324 g/mol. The average Bonchev–Trinajstić information content (AvgIpc) is 2.42. The van der Waals surface area contributed by atoms with E-state index in [-0.39, 0.29) is 0 Å². The molecule has 1 N–H and O–H groups in total. The quantitative estimate of drug-likeness (QED) is 0.865. The van der Waals surface area contributed by atoms with Crippen molar-refractivity contribution in [2.45, 2.75) is 38.8 Å². The predicted octanol–water partition coefficient (Wildman–Crippen LogP) is 4.07. The topological polar surface area (TPSA) is 15.3 Å². The first-order chi connectivity index (χ1) is 9.19. The molecule has 1 fully saturated rings. The van der Waals surface area contributed by atoms with Crippen LogP contribution in [0.25, 0.3) is 0 Å². The lowest BCUT2D eigenvalue weighted by Gasteiger charge is -2.32. The lowest BCUT2D eigenvalue weighted by Crippen LogP contribution is -2.42. The van der Waals surface area contributed by atoms with Crippen molar-refractivity contribution in [1.82, 2.24) is 10.2 Å². The third-order valence-electron chi connectivity index (χ3n) is 3.71. The van der Waals surface area contributed by atoms with E-state index in [0.717, 1.165) is 16.0 Å². The van der Waals surface area contributed by atoms with Crippen LogP contribution in [0.4, 0.5) is 0 Å². The molecule has 1 aliphatic heterocycles. The number of benzene rings is 1. The van der Waals surface area contributed by atoms with Crippen LogP contribution in [-0.4, -0.2) is 30.6 Å². The molecule has 106 valence electrons. The van der Waals surface area contributed by atoms with Crippen LogP contribution in [0.15, 0.2) is 22.7 Å². The van der Waals surface area contributed by atoms with Crippen LogP contribution >= 0.6 is 27.5 Å². The fourth-order valence-corrected chi connectivity index (χ4v) is 3.13. The Morgan fingerprint density at radius 2 is 2.11 bits per heavy atom. The van der Waals surface area contributed by atoms with Crippen LogP contribution in [0, 0.1) is 0 Å². The van der Waals surface area contributed by atoms with Gasteiger partial charge in [-0.3, -0.25) is 0 Å². The maximum Gasteiger partial charge on any atom is 0.0548 e. The van der Waals surface area contributed by atoms with Gasteiger partial charge in [-0.1, -0.05) is 24.6 Å². The third-order valence-corrected chi connectivity index (χ3v) is 4.92. The number of nitrogens with one attached hydrogen (secondary N) is 1. The number of likely N-dealkylation sites (tertiary alicyclic amines) is 1. The molecular formula is C15H22BrClN2. The molecule has 0 unspecified atom stereocenters. The van der Waals surface area contributed by atoms with Gasteiger partial charge in [0.2, 0.25) is 0 Å². The summed E-state index contributed by atoms with van der Waals surface area (Å²) in [5.41, 5.74) is 1.28. The fourth-order valence-electron chi connectivity index (χ4n) is 2.59. The summed E-state index contributed by atoms with van der Waals surface area (Å²) in [6.07, 6.45) is 3.78. The standard InChI is InChI=1S/C15H22BrClN2/c1-2-7-19-8-5-13(6-9-19)18-11-12-3-4-15(17)14(16)10-12/h3-4,10,13,18H,2,5-9,11H2,1H3. The minimum atomic E-state index is 0.655. The van der Waals surface area contributed by atoms with E-state index in [2.05, 4.69) is 45.2 Å². The highest BCUT2D eigenvalue weighted by Gasteiger charge is 2.17. The van der Waals surface area contributed by atoms with E-state index in [4.69, 9.17) is 11.6 Å². The molecule has 0 spiro atoms. The Bertz CT molecular complexity index is 403. The zero-order valence-corrected chi connectivity index (χ0v) is 13.8. The SMILES string of the molecule is CCCN1CCC(NCc2ccc(Cl)c(Br)c2)CC1. The summed E-state index contributed by atoms with van der Waals surface area (Å²) in [7, 11) is 0. The molecule has 0 aromatic heterocycles. The van der Waals surface area contributed by atoms with Crippen LogP contribution in [0.2, 0.25) is 5.02 Å². The van der Waals surface area contributed by atoms with Gasteiger partial charge in [-0.25, -0.2) is 0 Å². The van der Waals surface area contributed by atoms with Gasteiger partial charge in [-0.15, -0.1) is 0 Å². The van der Waals surface area contributed by atoms with Gasteiger partial charge in [0.15, 0.2) is 0 Å². The van der Waals surface area contributed by atoms with Crippen molar-refractivity contribution in [2.24, 2.45) is 0 Å². The van der Waals surface area contributed by atoms with Crippen LogP contribution in [0.1, 0.15) is 31.7 Å². The second-order valence-corrected chi connectivity index (χ2v) is 6.51. The minimum absolute atomic E-state index is 0.655. The molecule has 0 aliphatic carbocycles. The molecule has 0 atom stereocenters. The molecule has 2 rings (SSSR count). The Hall–Kier alpha value is -0.0900. The minimum Gasteiger partial charge on any atom is -0.310 e. The number of hydrogen-bond acceptors (Lipinski definition) is 2. The molecule has 0 amide bonds. The highest BCUT2D eigenvalue weighted by atomic mass is 79.9. The molecule has 19 heavy (non-hydrogen) atoms. The third kappa shape index (κ3) is 4.75. The van der Waals surface area contributed by atoms with Gasteiger partial charge in [0.05, 0.1) is 5.02 Å². The molecule has 4 heteroatoms. The van der Waals surface area contributed by atoms with Crippen molar-refractivity contribution in [3.8, 4) is 0 Å². The zero-order valence-electron chi connectivity index (χ0n) is 11.5. The van der Waals surface area contributed by atoms with E-state index in [1.54, 1.807) is 0 Å². The van der Waals surface area contributed by atoms with Crippen LogP contribution in [0.5, 0.6) is 0 Å². The Balaban J connectivity index is 1.75. The van der Waals surface area contributed by atoms with Gasteiger partial charge < -0.3 is 10.2 Å². The average molecular weight is 346 g/mol. The Morgan fingerprint density at radius 1 is 1.37 bits per heavy atom. The fraction of sp³-hybridized carbons (Fsp3) is 0.600. The van der Waals surface area contributed by atoms with E-state index in [0.29, 0.717) is 6.04 Å². The molecule has 1 heterocycles. The lowest BCUT2D eigenvalue weighted by atomic mass is 10.0. The van der Waals surface area contributed by atoms with Gasteiger partial charge in [0.1, 0.15) is 0 Å². The van der Waals surface area contributed by atoms with E-state index in [1.165, 1.54) is 44.5 Å². The Labute approximate surface area is 129 Å². The van der Waals surface area contributed by atoms with Crippen molar-refractivity contribution in [2.75, 3.05) is 19.6 Å². The van der Waals surface area contributed by atoms with Gasteiger partial charge in [0, 0.05) is 17.1 Å². The lowest BCUT2D eigenvalue weighted by molar-refractivity contribution is 0.197. The molecule has 0 radical (unpaired) electrons. The first-order valence-corrected chi connectivity index (χ1v) is 8.26. The number of rotatable bonds is 5. The summed E-state index contributed by atoms with van der Waals surface area (Å²) in [4.78, 5) is 2.57. The summed E-state index contributed by atoms with van der Waals surface area (Å²) >= 11 is 9.47. The van der Waals surface area contributed by atoms with Crippen LogP contribution in [-0.2, 0) is 6.54 Å². The maximum atomic E-state index is 6.00. The number of hydrogen-bond donors (Lipinski definition) is 1. The molecule has 0 saturated carbocycles. The number of nitrogens with zero attached hydrogens (tertiary/aromatic N) is 1. The van der Waals surface area contributed by atoms with E-state index in [9.17, 15) is 0 Å². The summed E-state index contributed by atoms with van der Waals surface area (Å²) in [5.74, 6) is 0. The summed E-state index contributed by atoms with van der Waals surface area (Å²) in [5, 5.41) is 4.43. The molecule has 1 aliphatic rings. The number of piperidine rings is 1. The summed E-state index contributed by atoms with van der Waals surface area (Å²) in [6.45, 7) is 6.89. The second-order valence-electron chi connectivity index (χ2n) is 5.25. The van der Waals surface area contributed by atoms with Crippen molar-refractivity contribution in [3.05, 3.63) is 33.3 Å². The van der Waals surface area contributed by atoms with Crippen LogP contribution < -0.4 is 5.32 Å². The second kappa shape index (κ2) is 7.63. The molecule has 1 saturated heterocycles. The summed E-state index contributed by atoms with van der Waals surface area (Å²) < 4.78 is 0.978. The van der Waals surface area contributed by atoms with Crippen molar-refractivity contribution < 1.29 is 0 Å². The Kier molecular flexibility index (Phi) is 6.14. The predicted molar refractivity (Wildman–Crippen MR) is 85.7 cm³/mol. The van der Waals surface area contributed by atoms with Gasteiger partial charge >= 0.3 is 0 Å². The van der Waals surface area contributed by atoms with Gasteiger partial charge in [0.25, 0.3) is 0 Å². The molecule has 2 nitrogen and oxygen atoms in total. The normalized spacial score (nSPS) is 17.8. The highest BCUT2D eigenvalue weighted by molar-refractivity contribution is 9.10. The van der Waals surface area contributed by atoms with Crippen molar-refractivity contribution in [3.63, 3.8) is 0 Å². The first-order valence-electron chi connectivity index (χ1n) is 7.08. The molecule has 0 bridgehead atoms. The number of halogens is 2. The van der Waals surface area contributed by atoms with E-state index in [1.807, 2.05) is 6.07 Å². The first kappa shape index (κ1) is 15.3. The van der Waals surface area contributed by atoms with Crippen molar-refractivity contribution in [1.29, 1.82) is 0 Å². The van der Waals surface area contributed by atoms with Crippen molar-refractivity contribution >= 4 is 27.5 Å². The van der Waals surface area contributed by atoms with Gasteiger partial charge in [-0.2, -0.15) is 0 Å². The smallest absolute Gasteiger partial charge is 0.0548 e. The van der Waals surface area contributed by atoms with E-state index < -0.39 is 0 Å². The summed E-state index contributed by atoms with van der Waals surface area (Å²) in [6, 6.07) is 6.79. The van der Waals surface area contributed by atoms with Gasteiger partial charge in [-0.05, 0) is 72.5 Å². The largest absolute Gasteiger partial charge is 0.310 e. The molecule has 1 aromatic rings. The highest BCUT2D eigenvalue weighted by Crippen LogP contribution is 2.23. The molecule has 1 aromatic carbocycles. The Morgan fingerprint density at radius 3 is 2.74 bits per heavy atom. The maximum absolute atomic E-state index is 6.00. The monoisotopic (exact) mass is 344 g/mol.